The van der Waals surface area contributed by atoms with Gasteiger partial charge in [-0.05, 0) is 49.3 Å². The van der Waals surface area contributed by atoms with E-state index in [2.05, 4.69) is 41.4 Å². The zero-order valence-corrected chi connectivity index (χ0v) is 12.8. The molecule has 1 N–H and O–H groups in total. The number of nitrogens with one attached hydrogen (secondary N) is 1. The summed E-state index contributed by atoms with van der Waals surface area (Å²) in [6.45, 7) is 5.73. The van der Waals surface area contributed by atoms with Crippen molar-refractivity contribution < 1.29 is 0 Å². The molecule has 1 fully saturated rings. The molecule has 2 nitrogen and oxygen atoms in total. The maximum absolute atomic E-state index is 3.61. The normalized spacial score (nSPS) is 15.5. The predicted octanol–water partition coefficient (Wildman–Crippen LogP) is 4.23. The first kappa shape index (κ1) is 14.6. The lowest BCUT2D eigenvalue weighted by molar-refractivity contribution is 0.578. The van der Waals surface area contributed by atoms with E-state index < -0.39 is 0 Å². The van der Waals surface area contributed by atoms with Gasteiger partial charge < -0.3 is 10.2 Å². The van der Waals surface area contributed by atoms with Crippen molar-refractivity contribution in [2.24, 2.45) is 0 Å². The van der Waals surface area contributed by atoms with E-state index >= 15 is 0 Å². The van der Waals surface area contributed by atoms with E-state index in [1.165, 1.54) is 61.7 Å². The molecule has 0 atom stereocenters. The molecule has 3 heteroatoms. The molecular weight excluding hydrogens is 252 g/mol. The van der Waals surface area contributed by atoms with Crippen LogP contribution in [0.1, 0.15) is 32.6 Å². The highest BCUT2D eigenvalue weighted by Crippen LogP contribution is 2.28. The van der Waals surface area contributed by atoms with E-state index in [1.54, 1.807) is 0 Å². The maximum atomic E-state index is 3.61. The minimum Gasteiger partial charge on any atom is -0.383 e. The standard InChI is InChI=1S/C16H26N2S/c1-2-19-14-8-11-17-15-9-4-5-10-16(15)18-12-6-3-7-13-18/h4-5,9-10,17H,2-3,6-8,11-14H2,1H3. The maximum Gasteiger partial charge on any atom is 0.0602 e. The van der Waals surface area contributed by atoms with Crippen molar-refractivity contribution in [3.63, 3.8) is 0 Å². The van der Waals surface area contributed by atoms with Gasteiger partial charge in [0.15, 0.2) is 0 Å². The number of benzene rings is 1. The Labute approximate surface area is 122 Å². The molecule has 0 aliphatic carbocycles. The van der Waals surface area contributed by atoms with E-state index in [1.807, 2.05) is 11.8 Å². The van der Waals surface area contributed by atoms with Crippen molar-refractivity contribution in [1.82, 2.24) is 0 Å². The third kappa shape index (κ3) is 4.64. The Hall–Kier alpha value is -0.830. The zero-order valence-electron chi connectivity index (χ0n) is 12.0. The number of hydrogen-bond acceptors (Lipinski definition) is 3. The first-order valence-corrected chi connectivity index (χ1v) is 8.73. The second-order valence-corrected chi connectivity index (χ2v) is 6.44. The Morgan fingerprint density at radius 1 is 1.16 bits per heavy atom. The van der Waals surface area contributed by atoms with Crippen molar-refractivity contribution in [2.45, 2.75) is 32.6 Å². The summed E-state index contributed by atoms with van der Waals surface area (Å²) >= 11 is 2.03. The lowest BCUT2D eigenvalue weighted by atomic mass is 10.1. The minimum atomic E-state index is 1.08. The molecule has 1 aromatic carbocycles. The van der Waals surface area contributed by atoms with E-state index in [4.69, 9.17) is 0 Å². The van der Waals surface area contributed by atoms with Gasteiger partial charge in [-0.25, -0.2) is 0 Å². The first-order valence-electron chi connectivity index (χ1n) is 7.57. The Morgan fingerprint density at radius 2 is 1.95 bits per heavy atom. The average molecular weight is 278 g/mol. The highest BCUT2D eigenvalue weighted by Gasteiger charge is 2.13. The van der Waals surface area contributed by atoms with Gasteiger partial charge >= 0.3 is 0 Å². The summed E-state index contributed by atoms with van der Waals surface area (Å²) in [5.41, 5.74) is 2.70. The largest absolute Gasteiger partial charge is 0.383 e. The van der Waals surface area contributed by atoms with Crippen LogP contribution in [0.4, 0.5) is 11.4 Å². The fourth-order valence-corrected chi connectivity index (χ4v) is 3.21. The highest BCUT2D eigenvalue weighted by atomic mass is 32.2. The molecule has 1 aliphatic heterocycles. The molecule has 1 aliphatic rings. The lowest BCUT2D eigenvalue weighted by Gasteiger charge is -2.30. The number of hydrogen-bond donors (Lipinski definition) is 1. The highest BCUT2D eigenvalue weighted by molar-refractivity contribution is 7.99. The number of para-hydroxylation sites is 2. The van der Waals surface area contributed by atoms with Crippen molar-refractivity contribution >= 4 is 23.1 Å². The molecule has 0 bridgehead atoms. The number of anilines is 2. The van der Waals surface area contributed by atoms with E-state index in [0.717, 1.165) is 6.54 Å². The van der Waals surface area contributed by atoms with Gasteiger partial charge in [0.25, 0.3) is 0 Å². The summed E-state index contributed by atoms with van der Waals surface area (Å²) < 4.78 is 0. The third-order valence-corrected chi connectivity index (χ3v) is 4.57. The summed E-state index contributed by atoms with van der Waals surface area (Å²) in [5, 5.41) is 3.61. The van der Waals surface area contributed by atoms with Crippen LogP contribution in [0.25, 0.3) is 0 Å². The van der Waals surface area contributed by atoms with Crippen LogP contribution in [0, 0.1) is 0 Å². The van der Waals surface area contributed by atoms with Gasteiger partial charge in [-0.2, -0.15) is 11.8 Å². The van der Waals surface area contributed by atoms with Crippen LogP contribution in [0.15, 0.2) is 24.3 Å². The lowest BCUT2D eigenvalue weighted by Crippen LogP contribution is -2.30. The van der Waals surface area contributed by atoms with Gasteiger partial charge in [0, 0.05) is 19.6 Å². The summed E-state index contributed by atoms with van der Waals surface area (Å²) in [7, 11) is 0. The first-order chi connectivity index (χ1) is 9.42. The van der Waals surface area contributed by atoms with Crippen molar-refractivity contribution in [1.29, 1.82) is 0 Å². The van der Waals surface area contributed by atoms with E-state index in [-0.39, 0.29) is 0 Å². The number of nitrogens with zero attached hydrogens (tertiary/aromatic N) is 1. The number of rotatable bonds is 7. The van der Waals surface area contributed by atoms with Gasteiger partial charge in [-0.1, -0.05) is 19.1 Å². The molecule has 106 valence electrons. The van der Waals surface area contributed by atoms with Crippen LogP contribution >= 0.6 is 11.8 Å². The van der Waals surface area contributed by atoms with Gasteiger partial charge in [0.1, 0.15) is 0 Å². The van der Waals surface area contributed by atoms with Crippen LogP contribution in [-0.2, 0) is 0 Å². The molecule has 2 rings (SSSR count). The van der Waals surface area contributed by atoms with Crippen LogP contribution in [0.3, 0.4) is 0 Å². The minimum absolute atomic E-state index is 1.08. The van der Waals surface area contributed by atoms with Gasteiger partial charge in [-0.15, -0.1) is 0 Å². The van der Waals surface area contributed by atoms with Gasteiger partial charge in [0.05, 0.1) is 11.4 Å². The van der Waals surface area contributed by atoms with Crippen molar-refractivity contribution in [3.8, 4) is 0 Å². The Kier molecular flexibility index (Phi) is 6.42. The Balaban J connectivity index is 1.88. The molecule has 1 saturated heterocycles. The number of thioether (sulfide) groups is 1. The molecule has 19 heavy (non-hydrogen) atoms. The quantitative estimate of drug-likeness (QED) is 0.751. The average Bonchev–Trinajstić information content (AvgIpc) is 2.48. The third-order valence-electron chi connectivity index (χ3n) is 3.59. The summed E-state index contributed by atoms with van der Waals surface area (Å²) in [6, 6.07) is 8.77. The van der Waals surface area contributed by atoms with Crippen molar-refractivity contribution in [2.75, 3.05) is 41.4 Å². The molecule has 0 amide bonds. The molecule has 0 saturated carbocycles. The van der Waals surface area contributed by atoms with Crippen LogP contribution in [-0.4, -0.2) is 31.1 Å². The summed E-state index contributed by atoms with van der Waals surface area (Å²) in [5.74, 6) is 2.49. The van der Waals surface area contributed by atoms with Gasteiger partial charge in [0.2, 0.25) is 0 Å². The van der Waals surface area contributed by atoms with Crippen molar-refractivity contribution in [3.05, 3.63) is 24.3 Å². The smallest absolute Gasteiger partial charge is 0.0602 e. The van der Waals surface area contributed by atoms with Crippen LogP contribution < -0.4 is 10.2 Å². The summed E-state index contributed by atoms with van der Waals surface area (Å²) in [4.78, 5) is 2.53. The molecule has 1 aromatic rings. The predicted molar refractivity (Wildman–Crippen MR) is 88.6 cm³/mol. The molecule has 0 radical (unpaired) electrons. The molecule has 0 aromatic heterocycles. The van der Waals surface area contributed by atoms with E-state index in [9.17, 15) is 0 Å². The van der Waals surface area contributed by atoms with Crippen LogP contribution in [0.2, 0.25) is 0 Å². The summed E-state index contributed by atoms with van der Waals surface area (Å²) in [6.07, 6.45) is 5.30. The number of piperidine rings is 1. The second kappa shape index (κ2) is 8.36. The molecule has 0 unspecified atom stereocenters. The zero-order chi connectivity index (χ0) is 13.3. The van der Waals surface area contributed by atoms with Crippen LogP contribution in [0.5, 0.6) is 0 Å². The fourth-order valence-electron chi connectivity index (χ4n) is 2.58. The Bertz CT molecular complexity index is 362. The Morgan fingerprint density at radius 3 is 2.74 bits per heavy atom. The fraction of sp³-hybridized carbons (Fsp3) is 0.625. The molecule has 0 spiro atoms. The second-order valence-electron chi connectivity index (χ2n) is 5.04. The topological polar surface area (TPSA) is 15.3 Å². The monoisotopic (exact) mass is 278 g/mol. The molecular formula is C16H26N2S. The SMILES string of the molecule is CCSCCCNc1ccccc1N1CCCCC1. The van der Waals surface area contributed by atoms with E-state index in [0.29, 0.717) is 0 Å². The van der Waals surface area contributed by atoms with Gasteiger partial charge in [-0.3, -0.25) is 0 Å². The molecule has 1 heterocycles.